The van der Waals surface area contributed by atoms with Gasteiger partial charge in [-0.1, -0.05) is 24.3 Å². The Labute approximate surface area is 116 Å². The van der Waals surface area contributed by atoms with Gasteiger partial charge in [-0.05, 0) is 22.7 Å². The van der Waals surface area contributed by atoms with Gasteiger partial charge in [-0.3, -0.25) is 0 Å². The first-order valence-electron chi connectivity index (χ1n) is 5.85. The molecule has 0 fully saturated rings. The monoisotopic (exact) mass is 279 g/mol. The van der Waals surface area contributed by atoms with Gasteiger partial charge in [0.25, 0.3) is 0 Å². The van der Waals surface area contributed by atoms with Crippen LogP contribution >= 0.6 is 11.5 Å². The molecule has 0 aliphatic rings. The predicted molar refractivity (Wildman–Crippen MR) is 77.6 cm³/mol. The van der Waals surface area contributed by atoms with E-state index in [1.807, 2.05) is 12.1 Å². The van der Waals surface area contributed by atoms with Crippen LogP contribution in [0.5, 0.6) is 5.75 Å². The number of hydrogen-bond donors (Lipinski definition) is 2. The number of benzene rings is 1. The van der Waals surface area contributed by atoms with E-state index >= 15 is 0 Å². The Bertz CT molecular complexity index is 542. The lowest BCUT2D eigenvalue weighted by molar-refractivity contribution is 0.184. The zero-order chi connectivity index (χ0) is 13.7. The molecular formula is C13H17N3O2S. The number of nitrogens with two attached hydrogens (primary N) is 1. The van der Waals surface area contributed by atoms with Gasteiger partial charge >= 0.3 is 0 Å². The van der Waals surface area contributed by atoms with Crippen molar-refractivity contribution in [2.75, 3.05) is 25.3 Å². The van der Waals surface area contributed by atoms with Gasteiger partial charge in [0.2, 0.25) is 0 Å². The molecule has 1 aromatic carbocycles. The first-order chi connectivity index (χ1) is 9.26. The van der Waals surface area contributed by atoms with Crippen LogP contribution in [-0.4, -0.2) is 18.6 Å². The Balaban J connectivity index is 2.10. The number of nitrogen functional groups attached to an aromatic ring is 1. The molecule has 0 aliphatic heterocycles. The van der Waals surface area contributed by atoms with Crippen LogP contribution in [0.25, 0.3) is 0 Å². The zero-order valence-corrected chi connectivity index (χ0v) is 11.8. The van der Waals surface area contributed by atoms with E-state index < -0.39 is 0 Å². The number of ether oxygens (including phenoxy) is 2. The number of anilines is 2. The molecule has 0 atom stereocenters. The number of rotatable bonds is 6. The van der Waals surface area contributed by atoms with Gasteiger partial charge in [0.15, 0.2) is 16.6 Å². The third-order valence-electron chi connectivity index (χ3n) is 2.74. The SMILES string of the molecule is COCc1ccccc1CNc1snc(N)c1OC. The quantitative estimate of drug-likeness (QED) is 0.850. The smallest absolute Gasteiger partial charge is 0.197 e. The van der Waals surface area contributed by atoms with Crippen LogP contribution < -0.4 is 15.8 Å². The Morgan fingerprint density at radius 2 is 2.00 bits per heavy atom. The highest BCUT2D eigenvalue weighted by atomic mass is 32.1. The summed E-state index contributed by atoms with van der Waals surface area (Å²) in [5, 5.41) is 4.14. The second-order valence-electron chi connectivity index (χ2n) is 3.99. The minimum Gasteiger partial charge on any atom is -0.490 e. The summed E-state index contributed by atoms with van der Waals surface area (Å²) in [4.78, 5) is 0. The van der Waals surface area contributed by atoms with Crippen molar-refractivity contribution in [3.63, 3.8) is 0 Å². The average Bonchev–Trinajstić information content (AvgIpc) is 2.78. The van der Waals surface area contributed by atoms with Gasteiger partial charge in [-0.2, -0.15) is 4.37 Å². The zero-order valence-electron chi connectivity index (χ0n) is 11.0. The van der Waals surface area contributed by atoms with E-state index in [1.54, 1.807) is 14.2 Å². The van der Waals surface area contributed by atoms with Gasteiger partial charge in [-0.15, -0.1) is 0 Å². The van der Waals surface area contributed by atoms with E-state index in [9.17, 15) is 0 Å². The Hall–Kier alpha value is -1.79. The first-order valence-corrected chi connectivity index (χ1v) is 6.62. The molecule has 3 N–H and O–H groups in total. The summed E-state index contributed by atoms with van der Waals surface area (Å²) in [6.07, 6.45) is 0. The van der Waals surface area contributed by atoms with Crippen LogP contribution in [-0.2, 0) is 17.9 Å². The van der Waals surface area contributed by atoms with Crippen molar-refractivity contribution in [1.29, 1.82) is 0 Å². The number of hydrogen-bond acceptors (Lipinski definition) is 6. The van der Waals surface area contributed by atoms with Gasteiger partial charge in [0.1, 0.15) is 0 Å². The number of nitrogens with one attached hydrogen (secondary N) is 1. The molecule has 1 heterocycles. The van der Waals surface area contributed by atoms with E-state index in [0.29, 0.717) is 24.7 Å². The molecule has 0 spiro atoms. The van der Waals surface area contributed by atoms with E-state index in [4.69, 9.17) is 15.2 Å². The molecule has 0 amide bonds. The number of methoxy groups -OCH3 is 2. The van der Waals surface area contributed by atoms with Gasteiger partial charge in [0.05, 0.1) is 13.7 Å². The van der Waals surface area contributed by atoms with Crippen molar-refractivity contribution in [2.24, 2.45) is 0 Å². The van der Waals surface area contributed by atoms with E-state index in [0.717, 1.165) is 10.6 Å². The minimum atomic E-state index is 0.417. The van der Waals surface area contributed by atoms with Gasteiger partial charge in [-0.25, -0.2) is 0 Å². The molecular weight excluding hydrogens is 262 g/mol. The highest BCUT2D eigenvalue weighted by molar-refractivity contribution is 7.11. The molecule has 6 heteroatoms. The van der Waals surface area contributed by atoms with Crippen molar-refractivity contribution >= 4 is 22.4 Å². The summed E-state index contributed by atoms with van der Waals surface area (Å²) in [6.45, 7) is 1.28. The highest BCUT2D eigenvalue weighted by Crippen LogP contribution is 2.35. The third kappa shape index (κ3) is 3.15. The maximum Gasteiger partial charge on any atom is 0.197 e. The average molecular weight is 279 g/mol. The Morgan fingerprint density at radius 3 is 2.68 bits per heavy atom. The van der Waals surface area contributed by atoms with Crippen LogP contribution in [0, 0.1) is 0 Å². The summed E-state index contributed by atoms with van der Waals surface area (Å²) >= 11 is 1.30. The molecule has 0 bridgehead atoms. The molecule has 0 aliphatic carbocycles. The van der Waals surface area contributed by atoms with E-state index in [2.05, 4.69) is 21.8 Å². The van der Waals surface area contributed by atoms with Crippen molar-refractivity contribution < 1.29 is 9.47 Å². The summed E-state index contributed by atoms with van der Waals surface area (Å²) in [6, 6.07) is 8.13. The molecule has 0 radical (unpaired) electrons. The molecule has 0 saturated carbocycles. The Morgan fingerprint density at radius 1 is 1.26 bits per heavy atom. The largest absolute Gasteiger partial charge is 0.490 e. The highest BCUT2D eigenvalue weighted by Gasteiger charge is 2.11. The lowest BCUT2D eigenvalue weighted by Gasteiger charge is -2.10. The summed E-state index contributed by atoms with van der Waals surface area (Å²) in [5.74, 6) is 1.02. The van der Waals surface area contributed by atoms with Crippen molar-refractivity contribution in [2.45, 2.75) is 13.2 Å². The summed E-state index contributed by atoms with van der Waals surface area (Å²) in [7, 11) is 3.28. The van der Waals surface area contributed by atoms with Crippen LogP contribution in [0.1, 0.15) is 11.1 Å². The lowest BCUT2D eigenvalue weighted by Crippen LogP contribution is -2.03. The summed E-state index contributed by atoms with van der Waals surface area (Å²) in [5.41, 5.74) is 8.05. The molecule has 2 rings (SSSR count). The molecule has 5 nitrogen and oxygen atoms in total. The second-order valence-corrected chi connectivity index (χ2v) is 4.76. The third-order valence-corrected chi connectivity index (χ3v) is 3.54. The van der Waals surface area contributed by atoms with Gasteiger partial charge in [0, 0.05) is 13.7 Å². The molecule has 0 unspecified atom stereocenters. The van der Waals surface area contributed by atoms with E-state index in [-0.39, 0.29) is 0 Å². The molecule has 1 aromatic heterocycles. The fourth-order valence-corrected chi connectivity index (χ4v) is 2.49. The topological polar surface area (TPSA) is 69.4 Å². The first kappa shape index (κ1) is 13.6. The summed E-state index contributed by atoms with van der Waals surface area (Å²) < 4.78 is 14.5. The predicted octanol–water partition coefficient (Wildman–Crippen LogP) is 2.49. The molecule has 19 heavy (non-hydrogen) atoms. The lowest BCUT2D eigenvalue weighted by atomic mass is 10.1. The standard InChI is InChI=1S/C13H17N3O2S/c1-17-8-10-6-4-3-5-9(10)7-15-13-11(18-2)12(14)16-19-13/h3-6,15H,7-8H2,1-2H3,(H2,14,16). The Kier molecular flexibility index (Phi) is 4.59. The second kappa shape index (κ2) is 6.40. The van der Waals surface area contributed by atoms with Crippen molar-refractivity contribution in [1.82, 2.24) is 4.37 Å². The van der Waals surface area contributed by atoms with Crippen LogP contribution in [0.3, 0.4) is 0 Å². The molecule has 102 valence electrons. The molecule has 0 saturated heterocycles. The number of nitrogens with zero attached hydrogens (tertiary/aromatic N) is 1. The normalized spacial score (nSPS) is 10.4. The minimum absolute atomic E-state index is 0.417. The van der Waals surface area contributed by atoms with Crippen molar-refractivity contribution in [3.8, 4) is 5.75 Å². The molecule has 2 aromatic rings. The maximum atomic E-state index is 5.71. The fraction of sp³-hybridized carbons (Fsp3) is 0.308. The van der Waals surface area contributed by atoms with Crippen LogP contribution in [0.4, 0.5) is 10.8 Å². The van der Waals surface area contributed by atoms with Crippen LogP contribution in [0.2, 0.25) is 0 Å². The van der Waals surface area contributed by atoms with Crippen molar-refractivity contribution in [3.05, 3.63) is 35.4 Å². The number of aromatic nitrogens is 1. The van der Waals surface area contributed by atoms with Gasteiger partial charge < -0.3 is 20.5 Å². The maximum absolute atomic E-state index is 5.71. The van der Waals surface area contributed by atoms with E-state index in [1.165, 1.54) is 17.1 Å². The fourth-order valence-electron chi connectivity index (χ4n) is 1.81. The van der Waals surface area contributed by atoms with Crippen LogP contribution in [0.15, 0.2) is 24.3 Å².